The van der Waals surface area contributed by atoms with Gasteiger partial charge >= 0.3 is 18.3 Å². The summed E-state index contributed by atoms with van der Waals surface area (Å²) in [6, 6.07) is 0. The van der Waals surface area contributed by atoms with E-state index in [2.05, 4.69) is 11.3 Å². The fourth-order valence-corrected chi connectivity index (χ4v) is 3.17. The molecule has 0 aromatic heterocycles. The third-order valence-electron chi connectivity index (χ3n) is 4.24. The van der Waals surface area contributed by atoms with Crippen LogP contribution in [0.1, 0.15) is 25.7 Å². The zero-order valence-electron chi connectivity index (χ0n) is 12.0. The lowest BCUT2D eigenvalue weighted by atomic mass is 9.98. The zero-order valence-corrected chi connectivity index (χ0v) is 12.0. The first-order chi connectivity index (χ1) is 10.5. The number of esters is 1. The molecule has 0 saturated heterocycles. The van der Waals surface area contributed by atoms with Crippen LogP contribution in [0, 0.1) is 11.8 Å². The molecule has 2 aliphatic carbocycles. The normalized spacial score (nSPS) is 27.5. The fraction of sp³-hybridized carbons (Fsp3) is 0.786. The molecule has 0 N–H and O–H groups in total. The van der Waals surface area contributed by atoms with Gasteiger partial charge in [0.2, 0.25) is 6.10 Å². The van der Waals surface area contributed by atoms with Gasteiger partial charge in [-0.15, -0.1) is 0 Å². The zero-order chi connectivity index (χ0) is 17.4. The van der Waals surface area contributed by atoms with Crippen molar-refractivity contribution in [1.29, 1.82) is 0 Å². The van der Waals surface area contributed by atoms with Crippen molar-refractivity contribution in [3.05, 3.63) is 12.2 Å². The highest BCUT2D eigenvalue weighted by atomic mass is 19.4. The predicted octanol–water partition coefficient (Wildman–Crippen LogP) is 3.78. The SMILES string of the molecule is C=C(COC(C(F)(F)F)C(F)(F)F)C(=O)OC1CC2CCC1C2. The minimum absolute atomic E-state index is 0.218. The van der Waals surface area contributed by atoms with Crippen molar-refractivity contribution in [2.75, 3.05) is 6.61 Å². The summed E-state index contributed by atoms with van der Waals surface area (Å²) in [6.45, 7) is 1.97. The van der Waals surface area contributed by atoms with Gasteiger partial charge in [0.15, 0.2) is 0 Å². The van der Waals surface area contributed by atoms with Crippen molar-refractivity contribution in [3.63, 3.8) is 0 Å². The van der Waals surface area contributed by atoms with Crippen LogP contribution >= 0.6 is 0 Å². The number of alkyl halides is 6. The summed E-state index contributed by atoms with van der Waals surface area (Å²) in [5, 5.41) is 0. The average Bonchev–Trinajstić information content (AvgIpc) is 2.97. The van der Waals surface area contributed by atoms with Gasteiger partial charge in [-0.2, -0.15) is 26.3 Å². The Balaban J connectivity index is 1.84. The maximum atomic E-state index is 12.3. The Hall–Kier alpha value is -1.25. The summed E-state index contributed by atoms with van der Waals surface area (Å²) in [5.41, 5.74) is -0.564. The molecule has 0 aromatic carbocycles. The highest BCUT2D eigenvalue weighted by Gasteiger charge is 2.58. The summed E-state index contributed by atoms with van der Waals surface area (Å²) >= 11 is 0. The minimum Gasteiger partial charge on any atom is -0.459 e. The Morgan fingerprint density at radius 3 is 2.13 bits per heavy atom. The number of carbonyl (C=O) groups excluding carboxylic acids is 1. The van der Waals surface area contributed by atoms with E-state index in [1.165, 1.54) is 0 Å². The van der Waals surface area contributed by atoms with E-state index in [4.69, 9.17) is 4.74 Å². The molecule has 23 heavy (non-hydrogen) atoms. The summed E-state index contributed by atoms with van der Waals surface area (Å²) in [6.07, 6.45) is -11.9. The second-order valence-electron chi connectivity index (χ2n) is 6.00. The molecule has 3 nitrogen and oxygen atoms in total. The number of rotatable bonds is 5. The van der Waals surface area contributed by atoms with Crippen LogP contribution in [0.2, 0.25) is 0 Å². The van der Waals surface area contributed by atoms with E-state index in [0.29, 0.717) is 12.3 Å². The molecule has 0 radical (unpaired) electrons. The maximum Gasteiger partial charge on any atom is 0.423 e. The summed E-state index contributed by atoms with van der Waals surface area (Å²) < 4.78 is 82.8. The molecule has 2 bridgehead atoms. The van der Waals surface area contributed by atoms with Gasteiger partial charge in [-0.3, -0.25) is 0 Å². The largest absolute Gasteiger partial charge is 0.459 e. The average molecular weight is 346 g/mol. The van der Waals surface area contributed by atoms with Gasteiger partial charge in [0.05, 0.1) is 12.2 Å². The highest BCUT2D eigenvalue weighted by Crippen LogP contribution is 2.46. The number of fused-ring (bicyclic) bond motifs is 2. The molecule has 0 aromatic rings. The van der Waals surface area contributed by atoms with Crippen LogP contribution < -0.4 is 0 Å². The van der Waals surface area contributed by atoms with Crippen LogP contribution in [-0.4, -0.2) is 37.1 Å². The summed E-state index contributed by atoms with van der Waals surface area (Å²) in [7, 11) is 0. The molecule has 3 atom stereocenters. The van der Waals surface area contributed by atoms with Gasteiger partial charge in [0, 0.05) is 0 Å². The molecular formula is C14H16F6O3. The van der Waals surface area contributed by atoms with Crippen LogP contribution in [0.4, 0.5) is 26.3 Å². The van der Waals surface area contributed by atoms with E-state index in [-0.39, 0.29) is 12.0 Å². The van der Waals surface area contributed by atoms with E-state index >= 15 is 0 Å². The van der Waals surface area contributed by atoms with Gasteiger partial charge in [0.25, 0.3) is 0 Å². The first-order valence-electron chi connectivity index (χ1n) is 7.12. The van der Waals surface area contributed by atoms with Crippen LogP contribution in [0.15, 0.2) is 12.2 Å². The topological polar surface area (TPSA) is 35.5 Å². The van der Waals surface area contributed by atoms with Gasteiger partial charge in [0.1, 0.15) is 6.10 Å². The quantitative estimate of drug-likeness (QED) is 0.432. The molecule has 0 aliphatic heterocycles. The van der Waals surface area contributed by atoms with E-state index in [1.807, 2.05) is 0 Å². The van der Waals surface area contributed by atoms with E-state index in [9.17, 15) is 31.1 Å². The highest BCUT2D eigenvalue weighted by molar-refractivity contribution is 5.88. The lowest BCUT2D eigenvalue weighted by molar-refractivity contribution is -0.320. The Morgan fingerprint density at radius 2 is 1.70 bits per heavy atom. The van der Waals surface area contributed by atoms with Gasteiger partial charge in [-0.25, -0.2) is 4.79 Å². The minimum atomic E-state index is -5.62. The second-order valence-corrected chi connectivity index (χ2v) is 6.00. The Kier molecular flexibility index (Phi) is 4.98. The fourth-order valence-electron chi connectivity index (χ4n) is 3.17. The Bertz CT molecular complexity index is 456. The van der Waals surface area contributed by atoms with Crippen LogP contribution in [0.5, 0.6) is 0 Å². The molecule has 2 saturated carbocycles. The molecule has 9 heteroatoms. The number of carbonyl (C=O) groups is 1. The standard InChI is InChI=1S/C14H16F6O3/c1-7(6-22-12(13(15,16)17)14(18,19)20)11(21)23-10-5-8-2-3-9(10)4-8/h8-10,12H,1-6H2. The third-order valence-corrected chi connectivity index (χ3v) is 4.24. The van der Waals surface area contributed by atoms with Crippen LogP contribution in [0.25, 0.3) is 0 Å². The first kappa shape index (κ1) is 18.1. The van der Waals surface area contributed by atoms with Crippen molar-refractivity contribution in [3.8, 4) is 0 Å². The molecule has 0 heterocycles. The third kappa shape index (κ3) is 4.39. The predicted molar refractivity (Wildman–Crippen MR) is 66.3 cm³/mol. The molecule has 2 aliphatic rings. The summed E-state index contributed by atoms with van der Waals surface area (Å²) in [5.74, 6) is -0.316. The van der Waals surface area contributed by atoms with Crippen molar-refractivity contribution >= 4 is 5.97 Å². The number of ether oxygens (including phenoxy) is 2. The second kappa shape index (κ2) is 6.33. The molecule has 2 rings (SSSR count). The van der Waals surface area contributed by atoms with E-state index in [1.54, 1.807) is 0 Å². The van der Waals surface area contributed by atoms with Crippen LogP contribution in [-0.2, 0) is 14.3 Å². The van der Waals surface area contributed by atoms with Gasteiger partial charge in [-0.1, -0.05) is 6.58 Å². The van der Waals surface area contributed by atoms with E-state index < -0.39 is 36.6 Å². The Labute approximate surface area is 128 Å². The van der Waals surface area contributed by atoms with Gasteiger partial charge < -0.3 is 9.47 Å². The lowest BCUT2D eigenvalue weighted by Gasteiger charge is -2.24. The van der Waals surface area contributed by atoms with Crippen LogP contribution in [0.3, 0.4) is 0 Å². The smallest absolute Gasteiger partial charge is 0.423 e. The Morgan fingerprint density at radius 1 is 1.09 bits per heavy atom. The van der Waals surface area contributed by atoms with Crippen molar-refractivity contribution < 1.29 is 40.6 Å². The number of halogens is 6. The number of hydrogen-bond donors (Lipinski definition) is 0. The molecule has 2 fully saturated rings. The lowest BCUT2D eigenvalue weighted by Crippen LogP contribution is -2.44. The monoisotopic (exact) mass is 346 g/mol. The van der Waals surface area contributed by atoms with Crippen molar-refractivity contribution in [1.82, 2.24) is 0 Å². The first-order valence-corrected chi connectivity index (χ1v) is 7.12. The molecule has 3 unspecified atom stereocenters. The molecular weight excluding hydrogens is 330 g/mol. The van der Waals surface area contributed by atoms with Gasteiger partial charge in [-0.05, 0) is 37.5 Å². The van der Waals surface area contributed by atoms with Crippen molar-refractivity contribution in [2.24, 2.45) is 11.8 Å². The van der Waals surface area contributed by atoms with E-state index in [0.717, 1.165) is 19.3 Å². The molecule has 0 spiro atoms. The van der Waals surface area contributed by atoms with Crippen molar-refractivity contribution in [2.45, 2.75) is 50.2 Å². The maximum absolute atomic E-state index is 12.3. The summed E-state index contributed by atoms with van der Waals surface area (Å²) in [4.78, 5) is 11.7. The molecule has 0 amide bonds. The number of hydrogen-bond acceptors (Lipinski definition) is 3. The molecule has 132 valence electrons.